The molecule has 6 nitrogen and oxygen atoms in total. The standard InChI is InChI=1S/C21H25N3O3/c25-19(22-17-9-3-4-10-18(17)23-12-5-6-13-23)11-14-24-20(26)15-7-1-2-8-16(15)21(24)27/h1-4,9-10,15-16H,5-8,11-14H2,(H,22,25)/t15-,16+. The highest BCUT2D eigenvalue weighted by Crippen LogP contribution is 2.35. The van der Waals surface area contributed by atoms with Gasteiger partial charge in [0.15, 0.2) is 0 Å². The molecule has 0 saturated carbocycles. The molecular weight excluding hydrogens is 342 g/mol. The zero-order chi connectivity index (χ0) is 18.8. The summed E-state index contributed by atoms with van der Waals surface area (Å²) in [4.78, 5) is 41.0. The molecule has 1 N–H and O–H groups in total. The number of hydrogen-bond donors (Lipinski definition) is 1. The Morgan fingerprint density at radius 2 is 1.63 bits per heavy atom. The highest BCUT2D eigenvalue weighted by Gasteiger charge is 2.46. The maximum atomic E-state index is 12.5. The molecule has 3 amide bonds. The number of fused-ring (bicyclic) bond motifs is 1. The van der Waals surface area contributed by atoms with Crippen LogP contribution < -0.4 is 10.2 Å². The van der Waals surface area contributed by atoms with Crippen molar-refractivity contribution in [1.29, 1.82) is 0 Å². The number of carbonyl (C=O) groups is 3. The van der Waals surface area contributed by atoms with Crippen molar-refractivity contribution in [2.45, 2.75) is 32.1 Å². The van der Waals surface area contributed by atoms with E-state index in [1.807, 2.05) is 36.4 Å². The Morgan fingerprint density at radius 1 is 1.00 bits per heavy atom. The third kappa shape index (κ3) is 3.48. The van der Waals surface area contributed by atoms with Gasteiger partial charge in [0.2, 0.25) is 17.7 Å². The predicted octanol–water partition coefficient (Wildman–Crippen LogP) is 2.57. The van der Waals surface area contributed by atoms with E-state index in [-0.39, 0.29) is 42.5 Å². The fourth-order valence-electron chi connectivity index (χ4n) is 4.33. The highest BCUT2D eigenvalue weighted by atomic mass is 16.2. The van der Waals surface area contributed by atoms with Crippen LogP contribution in [-0.4, -0.2) is 42.3 Å². The molecule has 3 aliphatic rings. The molecule has 0 bridgehead atoms. The number of anilines is 2. The molecule has 1 aromatic rings. The lowest BCUT2D eigenvalue weighted by Gasteiger charge is -2.21. The largest absolute Gasteiger partial charge is 0.370 e. The number of nitrogens with one attached hydrogen (secondary N) is 1. The van der Waals surface area contributed by atoms with E-state index >= 15 is 0 Å². The lowest BCUT2D eigenvalue weighted by molar-refractivity contribution is -0.140. The van der Waals surface area contributed by atoms with Crippen LogP contribution in [0.3, 0.4) is 0 Å². The number of carbonyl (C=O) groups excluding carboxylic acids is 3. The molecule has 2 saturated heterocycles. The first-order valence-corrected chi connectivity index (χ1v) is 9.79. The lowest BCUT2D eigenvalue weighted by atomic mass is 9.85. The van der Waals surface area contributed by atoms with Crippen molar-refractivity contribution in [3.63, 3.8) is 0 Å². The van der Waals surface area contributed by atoms with Gasteiger partial charge in [-0.2, -0.15) is 0 Å². The third-order valence-corrected chi connectivity index (χ3v) is 5.79. The summed E-state index contributed by atoms with van der Waals surface area (Å²) in [6.45, 7) is 2.16. The van der Waals surface area contributed by atoms with Crippen LogP contribution in [0, 0.1) is 11.8 Å². The van der Waals surface area contributed by atoms with Crippen molar-refractivity contribution in [3.05, 3.63) is 36.4 Å². The Labute approximate surface area is 159 Å². The summed E-state index contributed by atoms with van der Waals surface area (Å²) in [5, 5.41) is 2.96. The van der Waals surface area contributed by atoms with Gasteiger partial charge in [0.25, 0.3) is 0 Å². The second-order valence-corrected chi connectivity index (χ2v) is 7.49. The van der Waals surface area contributed by atoms with Crippen molar-refractivity contribution >= 4 is 29.1 Å². The summed E-state index contributed by atoms with van der Waals surface area (Å²) in [6, 6.07) is 7.80. The Hall–Kier alpha value is -2.63. The molecular formula is C21H25N3O3. The van der Waals surface area contributed by atoms with Gasteiger partial charge in [-0.3, -0.25) is 19.3 Å². The fraction of sp³-hybridized carbons (Fsp3) is 0.476. The van der Waals surface area contributed by atoms with E-state index < -0.39 is 0 Å². The van der Waals surface area contributed by atoms with Crippen molar-refractivity contribution in [2.24, 2.45) is 11.8 Å². The minimum atomic E-state index is -0.235. The van der Waals surface area contributed by atoms with E-state index in [4.69, 9.17) is 0 Å². The molecule has 1 aliphatic carbocycles. The number of benzene rings is 1. The zero-order valence-electron chi connectivity index (χ0n) is 15.4. The van der Waals surface area contributed by atoms with Gasteiger partial charge in [-0.1, -0.05) is 24.3 Å². The topological polar surface area (TPSA) is 69.7 Å². The van der Waals surface area contributed by atoms with Gasteiger partial charge in [-0.15, -0.1) is 0 Å². The first kappa shape index (κ1) is 17.8. The normalized spacial score (nSPS) is 24.4. The number of allylic oxidation sites excluding steroid dienone is 2. The van der Waals surface area contributed by atoms with Crippen LogP contribution in [0.2, 0.25) is 0 Å². The Morgan fingerprint density at radius 3 is 2.30 bits per heavy atom. The summed E-state index contributed by atoms with van der Waals surface area (Å²) in [7, 11) is 0. The second kappa shape index (κ2) is 7.55. The summed E-state index contributed by atoms with van der Waals surface area (Å²) < 4.78 is 0. The predicted molar refractivity (Wildman–Crippen MR) is 103 cm³/mol. The van der Waals surface area contributed by atoms with Crippen molar-refractivity contribution in [2.75, 3.05) is 29.9 Å². The van der Waals surface area contributed by atoms with Gasteiger partial charge in [0, 0.05) is 26.1 Å². The van der Waals surface area contributed by atoms with E-state index in [1.54, 1.807) is 0 Å². The number of likely N-dealkylation sites (tertiary alicyclic amines) is 1. The Kier molecular flexibility index (Phi) is 4.97. The van der Waals surface area contributed by atoms with Crippen molar-refractivity contribution < 1.29 is 14.4 Å². The van der Waals surface area contributed by atoms with Crippen LogP contribution in [0.5, 0.6) is 0 Å². The maximum absolute atomic E-state index is 12.5. The van der Waals surface area contributed by atoms with Gasteiger partial charge < -0.3 is 10.2 Å². The average Bonchev–Trinajstić information content (AvgIpc) is 3.29. The first-order valence-electron chi connectivity index (χ1n) is 9.79. The number of hydrogen-bond acceptors (Lipinski definition) is 4. The van der Waals surface area contributed by atoms with Gasteiger partial charge in [-0.05, 0) is 37.8 Å². The van der Waals surface area contributed by atoms with E-state index in [0.29, 0.717) is 12.8 Å². The van der Waals surface area contributed by atoms with Gasteiger partial charge in [-0.25, -0.2) is 0 Å². The average molecular weight is 367 g/mol. The molecule has 0 aromatic heterocycles. The summed E-state index contributed by atoms with van der Waals surface area (Å²) in [5.74, 6) is -0.891. The number of nitrogens with zero attached hydrogens (tertiary/aromatic N) is 2. The van der Waals surface area contributed by atoms with E-state index in [1.165, 1.54) is 17.7 Å². The quantitative estimate of drug-likeness (QED) is 0.641. The minimum absolute atomic E-state index is 0.124. The lowest BCUT2D eigenvalue weighted by Crippen LogP contribution is -2.34. The smallest absolute Gasteiger partial charge is 0.233 e. The van der Waals surface area contributed by atoms with Gasteiger partial charge in [0.05, 0.1) is 23.2 Å². The van der Waals surface area contributed by atoms with Crippen LogP contribution in [0.15, 0.2) is 36.4 Å². The van der Waals surface area contributed by atoms with Crippen LogP contribution in [0.4, 0.5) is 11.4 Å². The Balaban J connectivity index is 1.37. The summed E-state index contributed by atoms with van der Waals surface area (Å²) in [6.07, 6.45) is 7.65. The zero-order valence-corrected chi connectivity index (χ0v) is 15.4. The molecule has 0 radical (unpaired) electrons. The highest BCUT2D eigenvalue weighted by molar-refractivity contribution is 6.06. The molecule has 142 valence electrons. The van der Waals surface area contributed by atoms with E-state index in [0.717, 1.165) is 24.5 Å². The summed E-state index contributed by atoms with van der Waals surface area (Å²) in [5.41, 5.74) is 1.83. The van der Waals surface area contributed by atoms with Crippen LogP contribution in [0.1, 0.15) is 32.1 Å². The number of imide groups is 1. The number of amides is 3. The number of para-hydroxylation sites is 2. The second-order valence-electron chi connectivity index (χ2n) is 7.49. The Bertz CT molecular complexity index is 757. The van der Waals surface area contributed by atoms with E-state index in [2.05, 4.69) is 10.2 Å². The van der Waals surface area contributed by atoms with Crippen molar-refractivity contribution in [1.82, 2.24) is 4.90 Å². The first-order chi connectivity index (χ1) is 13.1. The molecule has 2 aliphatic heterocycles. The fourth-order valence-corrected chi connectivity index (χ4v) is 4.33. The third-order valence-electron chi connectivity index (χ3n) is 5.79. The summed E-state index contributed by atoms with van der Waals surface area (Å²) >= 11 is 0. The van der Waals surface area contributed by atoms with Gasteiger partial charge >= 0.3 is 0 Å². The van der Waals surface area contributed by atoms with Crippen LogP contribution in [-0.2, 0) is 14.4 Å². The maximum Gasteiger partial charge on any atom is 0.233 e. The SMILES string of the molecule is O=C(CCN1C(=O)[C@H]2CC=CC[C@H]2C1=O)Nc1ccccc1N1CCCC1. The monoisotopic (exact) mass is 367 g/mol. The molecule has 1 aromatic carbocycles. The molecule has 27 heavy (non-hydrogen) atoms. The molecule has 4 rings (SSSR count). The molecule has 0 spiro atoms. The number of rotatable bonds is 5. The van der Waals surface area contributed by atoms with Gasteiger partial charge in [0.1, 0.15) is 0 Å². The molecule has 2 atom stereocenters. The van der Waals surface area contributed by atoms with Crippen LogP contribution >= 0.6 is 0 Å². The molecule has 2 heterocycles. The molecule has 6 heteroatoms. The van der Waals surface area contributed by atoms with Crippen LogP contribution in [0.25, 0.3) is 0 Å². The minimum Gasteiger partial charge on any atom is -0.370 e. The molecule has 0 unspecified atom stereocenters. The molecule has 2 fully saturated rings. The van der Waals surface area contributed by atoms with Crippen molar-refractivity contribution in [3.8, 4) is 0 Å². The van der Waals surface area contributed by atoms with E-state index in [9.17, 15) is 14.4 Å².